The van der Waals surface area contributed by atoms with Crippen LogP contribution in [0.25, 0.3) is 10.9 Å². The Morgan fingerprint density at radius 1 is 1.20 bits per heavy atom. The van der Waals surface area contributed by atoms with Crippen molar-refractivity contribution in [2.24, 2.45) is 5.41 Å². The molecule has 2 heterocycles. The molecule has 11 heteroatoms. The van der Waals surface area contributed by atoms with Crippen molar-refractivity contribution in [1.82, 2.24) is 15.4 Å². The van der Waals surface area contributed by atoms with Gasteiger partial charge >= 0.3 is 0 Å². The molecule has 0 spiro atoms. The fraction of sp³-hybridized carbons (Fsp3) is 0.467. The van der Waals surface area contributed by atoms with Gasteiger partial charge in [0.2, 0.25) is 5.91 Å². The van der Waals surface area contributed by atoms with E-state index in [0.717, 1.165) is 17.1 Å². The number of aliphatic hydroxyl groups is 1. The molecule has 222 valence electrons. The number of benzene rings is 2. The first-order chi connectivity index (χ1) is 19.6. The summed E-state index contributed by atoms with van der Waals surface area (Å²) in [6, 6.07) is 7.02. The lowest BCUT2D eigenvalue weighted by Crippen LogP contribution is -2.48. The first kappa shape index (κ1) is 30.5. The number of aryl methyl sites for hydroxylation is 1. The van der Waals surface area contributed by atoms with Crippen molar-refractivity contribution >= 4 is 22.5 Å². The molecule has 0 saturated carbocycles. The molecule has 41 heavy (non-hydrogen) atoms. The summed E-state index contributed by atoms with van der Waals surface area (Å²) in [6.07, 6.45) is 2.98. The van der Waals surface area contributed by atoms with E-state index in [1.165, 1.54) is 0 Å². The lowest BCUT2D eigenvalue weighted by Gasteiger charge is -2.40. The zero-order chi connectivity index (χ0) is 29.7. The van der Waals surface area contributed by atoms with Gasteiger partial charge in [-0.05, 0) is 88.0 Å². The van der Waals surface area contributed by atoms with Gasteiger partial charge in [0.05, 0.1) is 36.0 Å². The van der Waals surface area contributed by atoms with Gasteiger partial charge in [0, 0.05) is 31.1 Å². The Kier molecular flexibility index (Phi) is 9.72. The molecule has 0 radical (unpaired) electrons. The van der Waals surface area contributed by atoms with Gasteiger partial charge in [-0.3, -0.25) is 15.0 Å². The quantitative estimate of drug-likeness (QED) is 0.173. The average Bonchev–Trinajstić information content (AvgIpc) is 2.97. The summed E-state index contributed by atoms with van der Waals surface area (Å²) in [5.41, 5.74) is 3.09. The standard InChI is InChI=1S/C30H37F3N4O4/c1-36(2)25-18-34-24-7-6-21(41-3)17-22(24)27(25)26(38)8-9-30(29(39)35-40)10-13-37(14-11-30)12-4-5-19-15-20(31)16-23(32)28(19)33/h6-7,15-18,26,38,40H,4-5,8-14H2,1-3H3,(H,35,39). The summed E-state index contributed by atoms with van der Waals surface area (Å²) < 4.78 is 46.4. The molecular formula is C30H37F3N4O4. The molecule has 0 bridgehead atoms. The fourth-order valence-corrected chi connectivity index (χ4v) is 5.77. The number of amides is 1. The molecule has 1 unspecified atom stereocenters. The van der Waals surface area contributed by atoms with Gasteiger partial charge in [-0.2, -0.15) is 0 Å². The number of pyridine rings is 1. The smallest absolute Gasteiger partial charge is 0.249 e. The van der Waals surface area contributed by atoms with Crippen molar-refractivity contribution in [2.75, 3.05) is 45.7 Å². The third-order valence-corrected chi connectivity index (χ3v) is 8.19. The minimum Gasteiger partial charge on any atom is -0.497 e. The number of fused-ring (bicyclic) bond motifs is 1. The number of anilines is 1. The van der Waals surface area contributed by atoms with E-state index in [4.69, 9.17) is 4.74 Å². The van der Waals surface area contributed by atoms with Gasteiger partial charge in [-0.25, -0.2) is 18.7 Å². The van der Waals surface area contributed by atoms with E-state index in [1.54, 1.807) is 13.3 Å². The second kappa shape index (κ2) is 13.1. The number of piperidine rings is 1. The van der Waals surface area contributed by atoms with Gasteiger partial charge in [0.15, 0.2) is 11.6 Å². The highest BCUT2D eigenvalue weighted by molar-refractivity contribution is 5.88. The van der Waals surface area contributed by atoms with E-state index in [1.807, 2.05) is 42.7 Å². The maximum absolute atomic E-state index is 14.0. The number of rotatable bonds is 11. The predicted molar refractivity (Wildman–Crippen MR) is 149 cm³/mol. The van der Waals surface area contributed by atoms with Gasteiger partial charge in [0.25, 0.3) is 0 Å². The average molecular weight is 575 g/mol. The molecule has 2 aromatic carbocycles. The molecular weight excluding hydrogens is 537 g/mol. The van der Waals surface area contributed by atoms with Crippen LogP contribution in [0.4, 0.5) is 18.9 Å². The number of halogens is 3. The highest BCUT2D eigenvalue weighted by atomic mass is 19.2. The second-order valence-corrected chi connectivity index (χ2v) is 10.9. The van der Waals surface area contributed by atoms with Crippen molar-refractivity contribution < 1.29 is 33.0 Å². The summed E-state index contributed by atoms with van der Waals surface area (Å²) in [4.78, 5) is 21.4. The van der Waals surface area contributed by atoms with Crippen LogP contribution in [0.2, 0.25) is 0 Å². The molecule has 1 atom stereocenters. The topological polar surface area (TPSA) is 98.2 Å². The van der Waals surface area contributed by atoms with Crippen LogP contribution in [0.5, 0.6) is 5.75 Å². The molecule has 1 saturated heterocycles. The lowest BCUT2D eigenvalue weighted by atomic mass is 9.73. The highest BCUT2D eigenvalue weighted by Gasteiger charge is 2.41. The minimum atomic E-state index is -1.20. The molecule has 1 aliphatic heterocycles. The summed E-state index contributed by atoms with van der Waals surface area (Å²) >= 11 is 0. The Morgan fingerprint density at radius 2 is 1.93 bits per heavy atom. The molecule has 1 fully saturated rings. The van der Waals surface area contributed by atoms with Crippen molar-refractivity contribution in [3.63, 3.8) is 0 Å². The zero-order valence-corrected chi connectivity index (χ0v) is 23.6. The Morgan fingerprint density at radius 3 is 2.59 bits per heavy atom. The number of carbonyl (C=O) groups excluding carboxylic acids is 1. The number of hydroxylamine groups is 1. The first-order valence-electron chi connectivity index (χ1n) is 13.7. The van der Waals surface area contributed by atoms with Gasteiger partial charge < -0.3 is 19.6 Å². The van der Waals surface area contributed by atoms with Crippen molar-refractivity contribution in [3.8, 4) is 5.75 Å². The van der Waals surface area contributed by atoms with Crippen LogP contribution in [0, 0.1) is 22.9 Å². The maximum atomic E-state index is 14.0. The Labute approximate surface area is 237 Å². The molecule has 3 aromatic rings. The SMILES string of the molecule is COc1ccc2ncc(N(C)C)c(C(O)CCC3(C(=O)NO)CCN(CCCc4cc(F)cc(F)c4F)CC3)c2c1. The molecule has 3 N–H and O–H groups in total. The maximum Gasteiger partial charge on any atom is 0.249 e. The van der Waals surface area contributed by atoms with Crippen LogP contribution in [-0.2, 0) is 11.2 Å². The molecule has 0 aliphatic carbocycles. The number of carbonyl (C=O) groups is 1. The number of aromatic nitrogens is 1. The van der Waals surface area contributed by atoms with Crippen LogP contribution in [0.15, 0.2) is 36.5 Å². The number of ether oxygens (including phenoxy) is 1. The number of aliphatic hydroxyl groups excluding tert-OH is 1. The Balaban J connectivity index is 1.44. The second-order valence-electron chi connectivity index (χ2n) is 10.9. The van der Waals surface area contributed by atoms with Crippen molar-refractivity contribution in [3.05, 3.63) is 65.1 Å². The summed E-state index contributed by atoms with van der Waals surface area (Å²) in [5, 5.41) is 21.8. The fourth-order valence-electron chi connectivity index (χ4n) is 5.77. The van der Waals surface area contributed by atoms with Crippen LogP contribution < -0.4 is 15.1 Å². The van der Waals surface area contributed by atoms with E-state index in [-0.39, 0.29) is 18.4 Å². The van der Waals surface area contributed by atoms with Crippen molar-refractivity contribution in [1.29, 1.82) is 0 Å². The van der Waals surface area contributed by atoms with Gasteiger partial charge in [0.1, 0.15) is 11.6 Å². The van der Waals surface area contributed by atoms with E-state index in [9.17, 15) is 28.3 Å². The predicted octanol–water partition coefficient (Wildman–Crippen LogP) is 4.76. The largest absolute Gasteiger partial charge is 0.497 e. The summed E-state index contributed by atoms with van der Waals surface area (Å²) in [6.45, 7) is 1.65. The molecule has 8 nitrogen and oxygen atoms in total. The monoisotopic (exact) mass is 574 g/mol. The summed E-state index contributed by atoms with van der Waals surface area (Å²) in [7, 11) is 5.31. The Bertz CT molecular complexity index is 1380. The van der Waals surface area contributed by atoms with Crippen LogP contribution >= 0.6 is 0 Å². The number of likely N-dealkylation sites (tertiary alicyclic amines) is 1. The third-order valence-electron chi connectivity index (χ3n) is 8.19. The van der Waals surface area contributed by atoms with Crippen LogP contribution in [0.1, 0.15) is 49.3 Å². The summed E-state index contributed by atoms with van der Waals surface area (Å²) in [5.74, 6) is -2.89. The van der Waals surface area contributed by atoms with Gasteiger partial charge in [-0.1, -0.05) is 0 Å². The first-order valence-corrected chi connectivity index (χ1v) is 13.7. The minimum absolute atomic E-state index is 0.000788. The number of methoxy groups -OCH3 is 1. The molecule has 1 aliphatic rings. The van der Waals surface area contributed by atoms with Crippen molar-refractivity contribution in [2.45, 2.75) is 44.6 Å². The number of nitrogens with one attached hydrogen (secondary N) is 1. The Hall–Kier alpha value is -3.41. The van der Waals surface area contributed by atoms with E-state index in [2.05, 4.69) is 9.88 Å². The van der Waals surface area contributed by atoms with E-state index >= 15 is 0 Å². The highest BCUT2D eigenvalue weighted by Crippen LogP contribution is 2.41. The zero-order valence-electron chi connectivity index (χ0n) is 23.6. The van der Waals surface area contributed by atoms with E-state index < -0.39 is 34.9 Å². The van der Waals surface area contributed by atoms with E-state index in [0.29, 0.717) is 68.2 Å². The third kappa shape index (κ3) is 6.74. The number of nitrogens with zero attached hydrogens (tertiary/aromatic N) is 3. The number of hydrogen-bond donors (Lipinski definition) is 3. The normalized spacial score (nSPS) is 16.0. The lowest BCUT2D eigenvalue weighted by molar-refractivity contribution is -0.143. The van der Waals surface area contributed by atoms with Gasteiger partial charge in [-0.15, -0.1) is 0 Å². The molecule has 1 amide bonds. The number of hydrogen-bond acceptors (Lipinski definition) is 7. The molecule has 1 aromatic heterocycles. The van der Waals surface area contributed by atoms with Crippen LogP contribution in [-0.4, -0.2) is 66.9 Å². The molecule has 4 rings (SSSR count). The van der Waals surface area contributed by atoms with Crippen LogP contribution in [0.3, 0.4) is 0 Å².